The molecule has 2 atom stereocenters. The largest absolute Gasteiger partial charge is 0.410 e. The molecule has 0 bridgehead atoms. The van der Waals surface area contributed by atoms with E-state index in [1.807, 2.05) is 30.7 Å². The van der Waals surface area contributed by atoms with Crippen molar-refractivity contribution in [1.29, 1.82) is 0 Å². The maximum Gasteiger partial charge on any atom is 0.131 e. The van der Waals surface area contributed by atoms with E-state index >= 15 is 0 Å². The number of rotatable bonds is 3. The summed E-state index contributed by atoms with van der Waals surface area (Å²) in [5.41, 5.74) is 2.38. The highest BCUT2D eigenvalue weighted by atomic mass is 16.5. The number of imidazole rings is 1. The van der Waals surface area contributed by atoms with Crippen LogP contribution in [0.15, 0.2) is 61.2 Å². The van der Waals surface area contributed by atoms with Crippen LogP contribution in [-0.2, 0) is 0 Å². The maximum atomic E-state index is 9.76. The molecule has 4 rings (SSSR count). The number of benzene rings is 1. The first-order chi connectivity index (χ1) is 10.8. The molecule has 1 aliphatic carbocycles. The Labute approximate surface area is 127 Å². The van der Waals surface area contributed by atoms with Gasteiger partial charge in [-0.25, -0.2) is 4.98 Å². The van der Waals surface area contributed by atoms with E-state index in [4.69, 9.17) is 0 Å². The molecule has 6 nitrogen and oxygen atoms in total. The Balaban J connectivity index is 1.83. The lowest BCUT2D eigenvalue weighted by Crippen LogP contribution is -2.19. The summed E-state index contributed by atoms with van der Waals surface area (Å²) in [7, 11) is 0. The maximum absolute atomic E-state index is 9.76. The van der Waals surface area contributed by atoms with Crippen LogP contribution in [-0.4, -0.2) is 29.9 Å². The van der Waals surface area contributed by atoms with Gasteiger partial charge >= 0.3 is 0 Å². The summed E-state index contributed by atoms with van der Waals surface area (Å²) < 4.78 is 2.10. The number of fused-ring (bicyclic) bond motifs is 1. The second-order valence-corrected chi connectivity index (χ2v) is 5.39. The van der Waals surface area contributed by atoms with Gasteiger partial charge in [-0.15, -0.1) is 5.10 Å². The van der Waals surface area contributed by atoms with Gasteiger partial charge in [0.1, 0.15) is 11.0 Å². The molecule has 2 aromatic heterocycles. The van der Waals surface area contributed by atoms with Crippen LogP contribution in [0.25, 0.3) is 11.0 Å². The predicted molar refractivity (Wildman–Crippen MR) is 81.5 cm³/mol. The summed E-state index contributed by atoms with van der Waals surface area (Å²) >= 11 is 0. The summed E-state index contributed by atoms with van der Waals surface area (Å²) in [6.07, 6.45) is 15.1. The van der Waals surface area contributed by atoms with Gasteiger partial charge in [0, 0.05) is 18.3 Å². The van der Waals surface area contributed by atoms with Gasteiger partial charge < -0.3 is 9.77 Å². The zero-order valence-electron chi connectivity index (χ0n) is 11.8. The number of hydrogen-bond donors (Lipinski definition) is 1. The normalized spacial score (nSPS) is 18.8. The van der Waals surface area contributed by atoms with Crippen molar-refractivity contribution in [2.24, 2.45) is 5.92 Å². The second kappa shape index (κ2) is 5.14. The molecule has 0 spiro atoms. The third-order valence-electron chi connectivity index (χ3n) is 4.06. The monoisotopic (exact) mass is 293 g/mol. The summed E-state index contributed by atoms with van der Waals surface area (Å²) in [6, 6.07) is 5.97. The van der Waals surface area contributed by atoms with E-state index < -0.39 is 0 Å². The molecule has 2 unspecified atom stereocenters. The molecule has 0 radical (unpaired) electrons. The van der Waals surface area contributed by atoms with Gasteiger partial charge in [0.2, 0.25) is 0 Å². The van der Waals surface area contributed by atoms with Crippen molar-refractivity contribution in [3.8, 4) is 0 Å². The lowest BCUT2D eigenvalue weighted by Gasteiger charge is -2.27. The van der Waals surface area contributed by atoms with Gasteiger partial charge in [0.05, 0.1) is 12.4 Å². The SMILES string of the molecule is On1nnc2ccc(C(C3C=CC=CC3)n3ccnc3)cc21. The third kappa shape index (κ3) is 2.09. The summed E-state index contributed by atoms with van der Waals surface area (Å²) in [4.78, 5) is 4.99. The van der Waals surface area contributed by atoms with Gasteiger partial charge in [0.25, 0.3) is 0 Å². The smallest absolute Gasteiger partial charge is 0.131 e. The molecule has 0 fully saturated rings. The molecule has 1 aromatic carbocycles. The molecule has 110 valence electrons. The quantitative estimate of drug-likeness (QED) is 0.754. The van der Waals surface area contributed by atoms with Crippen LogP contribution in [0.3, 0.4) is 0 Å². The second-order valence-electron chi connectivity index (χ2n) is 5.39. The fourth-order valence-corrected chi connectivity index (χ4v) is 3.02. The first-order valence-electron chi connectivity index (χ1n) is 7.18. The van der Waals surface area contributed by atoms with Crippen molar-refractivity contribution in [2.75, 3.05) is 0 Å². The van der Waals surface area contributed by atoms with Gasteiger partial charge in [-0.2, -0.15) is 0 Å². The van der Waals surface area contributed by atoms with E-state index in [2.05, 4.69) is 44.2 Å². The zero-order chi connectivity index (χ0) is 14.9. The molecular formula is C16H15N5O. The Morgan fingerprint density at radius 3 is 3.00 bits per heavy atom. The van der Waals surface area contributed by atoms with Crippen LogP contribution in [0, 0.1) is 5.92 Å². The molecule has 1 N–H and O–H groups in total. The van der Waals surface area contributed by atoms with Gasteiger partial charge in [-0.3, -0.25) is 0 Å². The number of allylic oxidation sites excluding steroid dienone is 4. The summed E-state index contributed by atoms with van der Waals surface area (Å²) in [6.45, 7) is 0. The van der Waals surface area contributed by atoms with Crippen LogP contribution in [0.4, 0.5) is 0 Å². The van der Waals surface area contributed by atoms with E-state index in [-0.39, 0.29) is 6.04 Å². The standard InChI is InChI=1S/C16H15N5O/c22-21-15-10-13(6-7-14(15)18-19-21)16(20-9-8-17-11-20)12-4-2-1-3-5-12/h1-4,6-12,16,22H,5H2. The van der Waals surface area contributed by atoms with Crippen LogP contribution >= 0.6 is 0 Å². The average molecular weight is 293 g/mol. The molecule has 1 aliphatic rings. The fourth-order valence-electron chi connectivity index (χ4n) is 3.02. The lowest BCUT2D eigenvalue weighted by molar-refractivity contribution is 0.154. The molecule has 0 aliphatic heterocycles. The van der Waals surface area contributed by atoms with Crippen molar-refractivity contribution in [2.45, 2.75) is 12.5 Å². The van der Waals surface area contributed by atoms with E-state index in [1.54, 1.807) is 6.20 Å². The molecule has 0 amide bonds. The number of aromatic nitrogens is 5. The Morgan fingerprint density at radius 2 is 2.23 bits per heavy atom. The highest BCUT2D eigenvalue weighted by Crippen LogP contribution is 2.33. The minimum absolute atomic E-state index is 0.114. The van der Waals surface area contributed by atoms with Gasteiger partial charge in [-0.05, 0) is 29.3 Å². The molecule has 3 aromatic rings. The minimum atomic E-state index is 0.114. The Kier molecular flexibility index (Phi) is 3.00. The third-order valence-corrected chi connectivity index (χ3v) is 4.06. The lowest BCUT2D eigenvalue weighted by atomic mass is 9.87. The average Bonchev–Trinajstić information content (AvgIpc) is 3.20. The highest BCUT2D eigenvalue weighted by molar-refractivity contribution is 5.74. The fraction of sp³-hybridized carbons (Fsp3) is 0.188. The minimum Gasteiger partial charge on any atom is -0.410 e. The Bertz CT molecular complexity index is 847. The predicted octanol–water partition coefficient (Wildman–Crippen LogP) is 2.59. The van der Waals surface area contributed by atoms with Crippen LogP contribution in [0.5, 0.6) is 0 Å². The topological polar surface area (TPSA) is 68.8 Å². The first kappa shape index (κ1) is 12.8. The van der Waals surface area contributed by atoms with E-state index in [0.29, 0.717) is 17.0 Å². The van der Waals surface area contributed by atoms with Crippen molar-refractivity contribution in [3.63, 3.8) is 0 Å². The zero-order valence-corrected chi connectivity index (χ0v) is 11.8. The molecule has 6 heteroatoms. The number of hydrogen-bond acceptors (Lipinski definition) is 4. The van der Waals surface area contributed by atoms with Gasteiger partial charge in [-0.1, -0.05) is 35.2 Å². The van der Waals surface area contributed by atoms with Crippen molar-refractivity contribution in [3.05, 3.63) is 66.8 Å². The Morgan fingerprint density at radius 1 is 1.27 bits per heavy atom. The van der Waals surface area contributed by atoms with Crippen molar-refractivity contribution in [1.82, 2.24) is 24.7 Å². The highest BCUT2D eigenvalue weighted by Gasteiger charge is 2.23. The van der Waals surface area contributed by atoms with E-state index in [9.17, 15) is 5.21 Å². The van der Waals surface area contributed by atoms with Crippen LogP contribution in [0.2, 0.25) is 0 Å². The molecule has 22 heavy (non-hydrogen) atoms. The van der Waals surface area contributed by atoms with Crippen LogP contribution < -0.4 is 0 Å². The molecular weight excluding hydrogens is 278 g/mol. The molecule has 2 heterocycles. The summed E-state index contributed by atoms with van der Waals surface area (Å²) in [5.74, 6) is 0.333. The summed E-state index contributed by atoms with van der Waals surface area (Å²) in [5, 5.41) is 17.3. The van der Waals surface area contributed by atoms with E-state index in [1.165, 1.54) is 0 Å². The molecule has 0 saturated heterocycles. The Hall–Kier alpha value is -2.89. The first-order valence-corrected chi connectivity index (χ1v) is 7.18. The van der Waals surface area contributed by atoms with Crippen molar-refractivity contribution < 1.29 is 5.21 Å². The van der Waals surface area contributed by atoms with Crippen LogP contribution in [0.1, 0.15) is 18.0 Å². The van der Waals surface area contributed by atoms with E-state index in [0.717, 1.165) is 16.8 Å². The van der Waals surface area contributed by atoms with Crippen molar-refractivity contribution >= 4 is 11.0 Å². The van der Waals surface area contributed by atoms with Gasteiger partial charge in [0.15, 0.2) is 0 Å². The molecule has 0 saturated carbocycles. The number of nitrogens with zero attached hydrogens (tertiary/aromatic N) is 5.